The Morgan fingerprint density at radius 1 is 1.26 bits per heavy atom. The minimum atomic E-state index is 0.289. The summed E-state index contributed by atoms with van der Waals surface area (Å²) in [6.45, 7) is 4.24. The predicted molar refractivity (Wildman–Crippen MR) is 92.2 cm³/mol. The molecule has 0 saturated heterocycles. The molecular weight excluding hydrogens is 288 g/mol. The summed E-state index contributed by atoms with van der Waals surface area (Å²) in [5.41, 5.74) is 9.22. The van der Waals surface area contributed by atoms with Gasteiger partial charge >= 0.3 is 0 Å². The van der Waals surface area contributed by atoms with Crippen molar-refractivity contribution in [2.75, 3.05) is 11.1 Å². The van der Waals surface area contributed by atoms with E-state index in [-0.39, 0.29) is 6.04 Å². The lowest BCUT2D eigenvalue weighted by molar-refractivity contribution is 0.613. The second-order valence-corrected chi connectivity index (χ2v) is 6.36. The van der Waals surface area contributed by atoms with E-state index in [4.69, 9.17) is 15.7 Å². The number of hydrogen-bond acceptors (Lipinski definition) is 5. The van der Waals surface area contributed by atoms with Gasteiger partial charge < -0.3 is 15.6 Å². The summed E-state index contributed by atoms with van der Waals surface area (Å²) in [5, 5.41) is 3.48. The van der Waals surface area contributed by atoms with Crippen LogP contribution in [-0.2, 0) is 0 Å². The van der Waals surface area contributed by atoms with Crippen LogP contribution in [0.15, 0.2) is 30.6 Å². The zero-order valence-electron chi connectivity index (χ0n) is 13.3. The van der Waals surface area contributed by atoms with E-state index in [2.05, 4.69) is 28.7 Å². The highest BCUT2D eigenvalue weighted by Gasteiger charge is 2.24. The fourth-order valence-electron chi connectivity index (χ4n) is 2.62. The number of rotatable bonds is 4. The lowest BCUT2D eigenvalue weighted by Gasteiger charge is -2.11. The second-order valence-electron chi connectivity index (χ2n) is 6.36. The Hall–Kier alpha value is -2.63. The van der Waals surface area contributed by atoms with E-state index >= 15 is 0 Å². The number of hydrogen-bond donors (Lipinski definition) is 2. The lowest BCUT2D eigenvalue weighted by Crippen LogP contribution is -2.07. The molecular formula is C17H20N6. The van der Waals surface area contributed by atoms with Crippen molar-refractivity contribution in [3.05, 3.63) is 30.6 Å². The van der Waals surface area contributed by atoms with Crippen LogP contribution in [0.3, 0.4) is 0 Å². The zero-order chi connectivity index (χ0) is 16.0. The van der Waals surface area contributed by atoms with Crippen molar-refractivity contribution in [2.24, 2.45) is 0 Å². The molecule has 1 aromatic carbocycles. The maximum absolute atomic E-state index is 5.91. The molecule has 0 unspecified atom stereocenters. The van der Waals surface area contributed by atoms with E-state index in [0.717, 1.165) is 22.5 Å². The average Bonchev–Trinajstić information content (AvgIpc) is 3.22. The van der Waals surface area contributed by atoms with Crippen LogP contribution < -0.4 is 11.1 Å². The van der Waals surface area contributed by atoms with Gasteiger partial charge in [-0.1, -0.05) is 12.1 Å². The van der Waals surface area contributed by atoms with Crippen molar-refractivity contribution in [1.82, 2.24) is 19.5 Å². The summed E-state index contributed by atoms with van der Waals surface area (Å²) in [5.74, 6) is 1.49. The molecule has 0 atom stereocenters. The van der Waals surface area contributed by atoms with Gasteiger partial charge in [0.1, 0.15) is 5.52 Å². The number of aromatic nitrogens is 4. The van der Waals surface area contributed by atoms with Crippen molar-refractivity contribution in [2.45, 2.75) is 38.8 Å². The van der Waals surface area contributed by atoms with Gasteiger partial charge in [-0.2, -0.15) is 0 Å². The molecule has 23 heavy (non-hydrogen) atoms. The average molecular weight is 308 g/mol. The Bertz CT molecular complexity index is 863. The largest absolute Gasteiger partial charge is 0.399 e. The number of benzene rings is 1. The molecule has 3 aromatic rings. The zero-order valence-corrected chi connectivity index (χ0v) is 13.3. The van der Waals surface area contributed by atoms with Crippen LogP contribution in [0.1, 0.15) is 32.7 Å². The number of nitrogen functional groups attached to an aromatic ring is 1. The normalized spacial score (nSPS) is 14.6. The molecule has 2 aromatic heterocycles. The fraction of sp³-hybridized carbons (Fsp3) is 0.353. The molecule has 4 rings (SSSR count). The van der Waals surface area contributed by atoms with E-state index in [1.54, 1.807) is 0 Å². The van der Waals surface area contributed by atoms with Crippen molar-refractivity contribution >= 4 is 22.7 Å². The summed E-state index contributed by atoms with van der Waals surface area (Å²) >= 11 is 0. The van der Waals surface area contributed by atoms with Crippen LogP contribution in [0.2, 0.25) is 0 Å². The lowest BCUT2D eigenvalue weighted by atomic mass is 10.2. The smallest absolute Gasteiger partial charge is 0.166 e. The van der Waals surface area contributed by atoms with Crippen molar-refractivity contribution in [3.63, 3.8) is 0 Å². The van der Waals surface area contributed by atoms with E-state index in [9.17, 15) is 0 Å². The van der Waals surface area contributed by atoms with Crippen LogP contribution in [-0.4, -0.2) is 25.6 Å². The summed E-state index contributed by atoms with van der Waals surface area (Å²) in [7, 11) is 0. The molecule has 0 amide bonds. The fourth-order valence-corrected chi connectivity index (χ4v) is 2.62. The standard InChI is InChI=1S/C17H20N6/c1-10(2)23-9-19-14-16(20-13-6-7-13)21-15(22-17(14)23)11-4-3-5-12(18)8-11/h3-5,8-10,13H,6-7,18H2,1-2H3,(H,20,21,22). The van der Waals surface area contributed by atoms with Gasteiger partial charge in [-0.25, -0.2) is 15.0 Å². The number of anilines is 2. The number of fused-ring (bicyclic) bond motifs is 1. The Kier molecular flexibility index (Phi) is 3.18. The molecule has 6 heteroatoms. The van der Waals surface area contributed by atoms with E-state index < -0.39 is 0 Å². The molecule has 1 fully saturated rings. The molecule has 0 spiro atoms. The molecule has 1 aliphatic rings. The molecule has 118 valence electrons. The Morgan fingerprint density at radius 3 is 2.78 bits per heavy atom. The van der Waals surface area contributed by atoms with Crippen molar-refractivity contribution in [1.29, 1.82) is 0 Å². The van der Waals surface area contributed by atoms with E-state index in [1.165, 1.54) is 12.8 Å². The summed E-state index contributed by atoms with van der Waals surface area (Å²) in [6.07, 6.45) is 4.21. The second kappa shape index (κ2) is 5.22. The Morgan fingerprint density at radius 2 is 2.09 bits per heavy atom. The van der Waals surface area contributed by atoms with Gasteiger partial charge in [0.25, 0.3) is 0 Å². The number of nitrogens with zero attached hydrogens (tertiary/aromatic N) is 4. The monoisotopic (exact) mass is 308 g/mol. The van der Waals surface area contributed by atoms with Gasteiger partial charge in [-0.05, 0) is 38.8 Å². The minimum absolute atomic E-state index is 0.289. The SMILES string of the molecule is CC(C)n1cnc2c(NC3CC3)nc(-c3cccc(N)c3)nc21. The maximum Gasteiger partial charge on any atom is 0.166 e. The summed E-state index contributed by atoms with van der Waals surface area (Å²) < 4.78 is 2.07. The number of imidazole rings is 1. The Labute approximate surface area is 134 Å². The highest BCUT2D eigenvalue weighted by atomic mass is 15.2. The van der Waals surface area contributed by atoms with E-state index in [1.807, 2.05) is 30.6 Å². The van der Waals surface area contributed by atoms with Crippen molar-refractivity contribution < 1.29 is 0 Å². The first-order chi connectivity index (χ1) is 11.1. The molecule has 6 nitrogen and oxygen atoms in total. The minimum Gasteiger partial charge on any atom is -0.399 e. The number of nitrogens with one attached hydrogen (secondary N) is 1. The van der Waals surface area contributed by atoms with Crippen LogP contribution >= 0.6 is 0 Å². The van der Waals surface area contributed by atoms with Crippen LogP contribution in [0, 0.1) is 0 Å². The third kappa shape index (κ3) is 2.60. The van der Waals surface area contributed by atoms with Gasteiger partial charge in [-0.15, -0.1) is 0 Å². The van der Waals surface area contributed by atoms with Gasteiger partial charge in [0.05, 0.1) is 6.33 Å². The molecule has 0 aliphatic heterocycles. The first kappa shape index (κ1) is 14.0. The first-order valence-electron chi connectivity index (χ1n) is 7.99. The molecule has 0 radical (unpaired) electrons. The molecule has 1 saturated carbocycles. The third-order valence-electron chi connectivity index (χ3n) is 4.04. The van der Waals surface area contributed by atoms with Gasteiger partial charge in [0, 0.05) is 23.3 Å². The molecule has 1 aliphatic carbocycles. The van der Waals surface area contributed by atoms with E-state index in [0.29, 0.717) is 17.6 Å². The van der Waals surface area contributed by atoms with Gasteiger partial charge in [0.2, 0.25) is 0 Å². The predicted octanol–water partition coefficient (Wildman–Crippen LogP) is 3.23. The van der Waals surface area contributed by atoms with Gasteiger partial charge in [-0.3, -0.25) is 0 Å². The van der Waals surface area contributed by atoms with Gasteiger partial charge in [0.15, 0.2) is 17.3 Å². The Balaban J connectivity index is 1.91. The first-order valence-corrected chi connectivity index (χ1v) is 7.99. The van der Waals surface area contributed by atoms with Crippen LogP contribution in [0.4, 0.5) is 11.5 Å². The quantitative estimate of drug-likeness (QED) is 0.723. The maximum atomic E-state index is 5.91. The highest BCUT2D eigenvalue weighted by molar-refractivity contribution is 5.85. The highest BCUT2D eigenvalue weighted by Crippen LogP contribution is 2.30. The number of nitrogens with two attached hydrogens (primary N) is 1. The molecule has 2 heterocycles. The van der Waals surface area contributed by atoms with Crippen LogP contribution in [0.5, 0.6) is 0 Å². The molecule has 0 bridgehead atoms. The van der Waals surface area contributed by atoms with Crippen LogP contribution in [0.25, 0.3) is 22.6 Å². The summed E-state index contributed by atoms with van der Waals surface area (Å²) in [6, 6.07) is 8.46. The topological polar surface area (TPSA) is 81.7 Å². The molecule has 3 N–H and O–H groups in total. The van der Waals surface area contributed by atoms with Crippen molar-refractivity contribution in [3.8, 4) is 11.4 Å². The summed E-state index contributed by atoms with van der Waals surface area (Å²) in [4.78, 5) is 14.0. The third-order valence-corrected chi connectivity index (χ3v) is 4.04.